The van der Waals surface area contributed by atoms with Crippen molar-refractivity contribution in [3.8, 4) is 5.75 Å². The summed E-state index contributed by atoms with van der Waals surface area (Å²) in [5.41, 5.74) is 0.592. The Kier molecular flexibility index (Phi) is 4.59. The Labute approximate surface area is 123 Å². The van der Waals surface area contributed by atoms with Crippen LogP contribution in [-0.2, 0) is 16.6 Å². The highest BCUT2D eigenvalue weighted by atomic mass is 32.2. The van der Waals surface area contributed by atoms with Gasteiger partial charge in [-0.3, -0.25) is 0 Å². The summed E-state index contributed by atoms with van der Waals surface area (Å²) < 4.78 is 44.1. The van der Waals surface area contributed by atoms with Gasteiger partial charge in [0.05, 0.1) is 12.0 Å². The van der Waals surface area contributed by atoms with Crippen molar-refractivity contribution in [2.24, 2.45) is 0 Å². The summed E-state index contributed by atoms with van der Waals surface area (Å²) in [6, 6.07) is 12.0. The molecular weight excluding hydrogens is 293 g/mol. The molecule has 0 atom stereocenters. The number of rotatable bonds is 5. The molecule has 0 spiro atoms. The highest BCUT2D eigenvalue weighted by Crippen LogP contribution is 2.20. The van der Waals surface area contributed by atoms with Gasteiger partial charge in [0.15, 0.2) is 0 Å². The minimum Gasteiger partial charge on any atom is -0.497 e. The van der Waals surface area contributed by atoms with Crippen molar-refractivity contribution >= 4 is 10.0 Å². The van der Waals surface area contributed by atoms with Gasteiger partial charge in [-0.1, -0.05) is 12.1 Å². The molecule has 0 saturated carbocycles. The first kappa shape index (κ1) is 15.5. The average Bonchev–Trinajstić information content (AvgIpc) is 2.47. The van der Waals surface area contributed by atoms with Crippen LogP contribution in [0.4, 0.5) is 4.39 Å². The lowest BCUT2D eigenvalue weighted by Crippen LogP contribution is -2.26. The summed E-state index contributed by atoms with van der Waals surface area (Å²) in [6.45, 7) is 0.103. The second-order valence-electron chi connectivity index (χ2n) is 4.57. The molecule has 0 aliphatic rings. The van der Waals surface area contributed by atoms with Crippen molar-refractivity contribution in [1.29, 1.82) is 0 Å². The highest BCUT2D eigenvalue weighted by molar-refractivity contribution is 7.89. The molecule has 2 aromatic rings. The zero-order chi connectivity index (χ0) is 15.5. The number of sulfonamides is 1. The minimum atomic E-state index is -3.62. The van der Waals surface area contributed by atoms with E-state index in [0.29, 0.717) is 11.3 Å². The SMILES string of the molecule is COc1ccc(S(=O)(=O)N(C)Cc2cccc(F)c2)cc1. The summed E-state index contributed by atoms with van der Waals surface area (Å²) in [7, 11) is -0.643. The first-order valence-electron chi connectivity index (χ1n) is 6.28. The topological polar surface area (TPSA) is 46.6 Å². The molecular formula is C15H16FNO3S. The zero-order valence-corrected chi connectivity index (χ0v) is 12.6. The van der Waals surface area contributed by atoms with E-state index in [0.717, 1.165) is 0 Å². The summed E-state index contributed by atoms with van der Waals surface area (Å²) in [4.78, 5) is 0.169. The molecule has 2 aromatic carbocycles. The van der Waals surface area contributed by atoms with Gasteiger partial charge < -0.3 is 4.74 Å². The van der Waals surface area contributed by atoms with Crippen LogP contribution in [0.15, 0.2) is 53.4 Å². The second-order valence-corrected chi connectivity index (χ2v) is 6.61. The van der Waals surface area contributed by atoms with E-state index in [2.05, 4.69) is 0 Å². The van der Waals surface area contributed by atoms with Crippen LogP contribution >= 0.6 is 0 Å². The maximum atomic E-state index is 13.1. The molecule has 21 heavy (non-hydrogen) atoms. The molecule has 0 amide bonds. The zero-order valence-electron chi connectivity index (χ0n) is 11.8. The van der Waals surface area contributed by atoms with E-state index in [1.807, 2.05) is 0 Å². The van der Waals surface area contributed by atoms with E-state index in [1.54, 1.807) is 24.3 Å². The molecule has 0 fully saturated rings. The summed E-state index contributed by atoms with van der Waals surface area (Å²) in [6.07, 6.45) is 0. The highest BCUT2D eigenvalue weighted by Gasteiger charge is 2.20. The van der Waals surface area contributed by atoms with Gasteiger partial charge in [0.1, 0.15) is 11.6 Å². The number of hydrogen-bond acceptors (Lipinski definition) is 3. The standard InChI is InChI=1S/C15H16FNO3S/c1-17(11-12-4-3-5-13(16)10-12)21(18,19)15-8-6-14(20-2)7-9-15/h3-10H,11H2,1-2H3. The van der Waals surface area contributed by atoms with Crippen molar-refractivity contribution in [1.82, 2.24) is 4.31 Å². The maximum absolute atomic E-state index is 13.1. The first-order valence-corrected chi connectivity index (χ1v) is 7.72. The fourth-order valence-corrected chi connectivity index (χ4v) is 3.06. The molecule has 6 heteroatoms. The molecule has 0 saturated heterocycles. The molecule has 0 unspecified atom stereocenters. The van der Waals surface area contributed by atoms with Crippen LogP contribution < -0.4 is 4.74 Å². The summed E-state index contributed by atoms with van der Waals surface area (Å²) in [5.74, 6) is 0.199. The number of halogens is 1. The predicted molar refractivity (Wildman–Crippen MR) is 78.0 cm³/mol. The van der Waals surface area contributed by atoms with Crippen LogP contribution in [0, 0.1) is 5.82 Å². The van der Waals surface area contributed by atoms with Crippen LogP contribution in [0.25, 0.3) is 0 Å². The third-order valence-electron chi connectivity index (χ3n) is 3.06. The quantitative estimate of drug-likeness (QED) is 0.853. The van der Waals surface area contributed by atoms with Crippen LogP contribution in [0.5, 0.6) is 5.75 Å². The van der Waals surface area contributed by atoms with E-state index in [9.17, 15) is 12.8 Å². The smallest absolute Gasteiger partial charge is 0.243 e. The Morgan fingerprint density at radius 2 is 1.81 bits per heavy atom. The lowest BCUT2D eigenvalue weighted by molar-refractivity contribution is 0.414. The fourth-order valence-electron chi connectivity index (χ4n) is 1.91. The van der Waals surface area contributed by atoms with Gasteiger partial charge in [0.2, 0.25) is 10.0 Å². The molecule has 0 N–H and O–H groups in total. The lowest BCUT2D eigenvalue weighted by Gasteiger charge is -2.17. The number of methoxy groups -OCH3 is 1. The van der Waals surface area contributed by atoms with Crippen molar-refractivity contribution in [2.75, 3.05) is 14.2 Å². The first-order chi connectivity index (χ1) is 9.93. The molecule has 2 rings (SSSR count). The monoisotopic (exact) mass is 309 g/mol. The van der Waals surface area contributed by atoms with Crippen molar-refractivity contribution < 1.29 is 17.5 Å². The van der Waals surface area contributed by atoms with Gasteiger partial charge in [0, 0.05) is 13.6 Å². The van der Waals surface area contributed by atoms with Crippen LogP contribution in [0.3, 0.4) is 0 Å². The van der Waals surface area contributed by atoms with E-state index in [1.165, 1.54) is 42.7 Å². The molecule has 0 bridgehead atoms. The Balaban J connectivity index is 2.21. The fraction of sp³-hybridized carbons (Fsp3) is 0.200. The van der Waals surface area contributed by atoms with Gasteiger partial charge in [-0.15, -0.1) is 0 Å². The molecule has 0 aromatic heterocycles. The Hall–Kier alpha value is -1.92. The number of nitrogens with zero attached hydrogens (tertiary/aromatic N) is 1. The van der Waals surface area contributed by atoms with Gasteiger partial charge in [-0.2, -0.15) is 4.31 Å². The molecule has 0 radical (unpaired) electrons. The van der Waals surface area contributed by atoms with E-state index >= 15 is 0 Å². The number of ether oxygens (including phenoxy) is 1. The van der Waals surface area contributed by atoms with Gasteiger partial charge in [-0.05, 0) is 42.0 Å². The van der Waals surface area contributed by atoms with Gasteiger partial charge >= 0.3 is 0 Å². The van der Waals surface area contributed by atoms with Gasteiger partial charge in [-0.25, -0.2) is 12.8 Å². The molecule has 0 heterocycles. The van der Waals surface area contributed by atoms with Crippen LogP contribution in [0.1, 0.15) is 5.56 Å². The lowest BCUT2D eigenvalue weighted by atomic mass is 10.2. The van der Waals surface area contributed by atoms with Crippen molar-refractivity contribution in [2.45, 2.75) is 11.4 Å². The predicted octanol–water partition coefficient (Wildman–Crippen LogP) is 2.66. The molecule has 0 aliphatic carbocycles. The van der Waals surface area contributed by atoms with Crippen molar-refractivity contribution in [3.63, 3.8) is 0 Å². The van der Waals surface area contributed by atoms with E-state index in [-0.39, 0.29) is 17.3 Å². The molecule has 112 valence electrons. The molecule has 4 nitrogen and oxygen atoms in total. The van der Waals surface area contributed by atoms with Crippen molar-refractivity contribution in [3.05, 3.63) is 59.9 Å². The Morgan fingerprint density at radius 1 is 1.14 bits per heavy atom. The maximum Gasteiger partial charge on any atom is 0.243 e. The third-order valence-corrected chi connectivity index (χ3v) is 4.88. The second kappa shape index (κ2) is 6.24. The van der Waals surface area contributed by atoms with Gasteiger partial charge in [0.25, 0.3) is 0 Å². The van der Waals surface area contributed by atoms with E-state index < -0.39 is 10.0 Å². The Morgan fingerprint density at radius 3 is 2.38 bits per heavy atom. The average molecular weight is 309 g/mol. The largest absolute Gasteiger partial charge is 0.497 e. The molecule has 0 aliphatic heterocycles. The van der Waals surface area contributed by atoms with Crippen LogP contribution in [0.2, 0.25) is 0 Å². The summed E-state index contributed by atoms with van der Waals surface area (Å²) >= 11 is 0. The Bertz CT molecular complexity index is 714. The third kappa shape index (κ3) is 3.59. The van der Waals surface area contributed by atoms with Crippen LogP contribution in [-0.4, -0.2) is 26.9 Å². The number of hydrogen-bond donors (Lipinski definition) is 0. The van der Waals surface area contributed by atoms with E-state index in [4.69, 9.17) is 4.74 Å². The normalized spacial score (nSPS) is 11.6. The summed E-state index contributed by atoms with van der Waals surface area (Å²) in [5, 5.41) is 0. The minimum absolute atomic E-state index is 0.103. The number of benzene rings is 2.